The highest BCUT2D eigenvalue weighted by atomic mass is 16.5. The zero-order chi connectivity index (χ0) is 20.1. The molecule has 1 saturated heterocycles. The van der Waals surface area contributed by atoms with Crippen molar-refractivity contribution in [3.05, 3.63) is 17.0 Å². The molecule has 1 aliphatic carbocycles. The van der Waals surface area contributed by atoms with E-state index in [1.807, 2.05) is 4.68 Å². The Morgan fingerprint density at radius 2 is 1.86 bits per heavy atom. The van der Waals surface area contributed by atoms with E-state index in [0.29, 0.717) is 58.3 Å². The summed E-state index contributed by atoms with van der Waals surface area (Å²) in [6, 6.07) is 0.169. The summed E-state index contributed by atoms with van der Waals surface area (Å²) in [7, 11) is 0. The molecule has 2 N–H and O–H groups in total. The van der Waals surface area contributed by atoms with Crippen molar-refractivity contribution in [2.75, 3.05) is 39.5 Å². The van der Waals surface area contributed by atoms with Crippen molar-refractivity contribution in [2.24, 2.45) is 0 Å². The van der Waals surface area contributed by atoms with Crippen LogP contribution < -0.4 is 10.6 Å². The molecule has 9 heteroatoms. The van der Waals surface area contributed by atoms with Crippen LogP contribution in [0.4, 0.5) is 4.79 Å². The molecule has 0 spiro atoms. The fourth-order valence-corrected chi connectivity index (χ4v) is 4.34. The van der Waals surface area contributed by atoms with Crippen molar-refractivity contribution in [2.45, 2.75) is 57.7 Å². The zero-order valence-electron chi connectivity index (χ0n) is 17.0. The molecule has 2 fully saturated rings. The Labute approximate surface area is 171 Å². The van der Waals surface area contributed by atoms with E-state index in [1.54, 1.807) is 4.90 Å². The van der Waals surface area contributed by atoms with E-state index in [-0.39, 0.29) is 18.0 Å². The molecule has 0 bridgehead atoms. The lowest BCUT2D eigenvalue weighted by Crippen LogP contribution is -2.43. The molecule has 0 unspecified atom stereocenters. The Morgan fingerprint density at radius 1 is 1.07 bits per heavy atom. The van der Waals surface area contributed by atoms with Crippen LogP contribution in [-0.4, -0.2) is 72.1 Å². The molecule has 2 aliphatic heterocycles. The number of amides is 3. The van der Waals surface area contributed by atoms with Gasteiger partial charge in [0, 0.05) is 43.4 Å². The van der Waals surface area contributed by atoms with Gasteiger partial charge in [-0.3, -0.25) is 9.48 Å². The number of fused-ring (bicyclic) bond motifs is 1. The summed E-state index contributed by atoms with van der Waals surface area (Å²) < 4.78 is 12.8. The van der Waals surface area contributed by atoms with Crippen LogP contribution in [0.2, 0.25) is 0 Å². The minimum absolute atomic E-state index is 0.0585. The molecule has 160 valence electrons. The smallest absolute Gasteiger partial charge is 0.315 e. The van der Waals surface area contributed by atoms with Gasteiger partial charge in [-0.2, -0.15) is 5.10 Å². The van der Waals surface area contributed by atoms with Gasteiger partial charge in [0.2, 0.25) is 0 Å². The maximum atomic E-state index is 12.9. The second-order valence-corrected chi connectivity index (χ2v) is 7.94. The summed E-state index contributed by atoms with van der Waals surface area (Å²) >= 11 is 0. The molecular formula is C20H31N5O4. The Kier molecular flexibility index (Phi) is 6.66. The number of urea groups is 1. The number of hydrogen-bond acceptors (Lipinski definition) is 5. The van der Waals surface area contributed by atoms with Gasteiger partial charge in [0.05, 0.1) is 33.0 Å². The van der Waals surface area contributed by atoms with Crippen LogP contribution in [0.3, 0.4) is 0 Å². The maximum absolute atomic E-state index is 12.9. The minimum atomic E-state index is -0.120. The summed E-state index contributed by atoms with van der Waals surface area (Å²) in [5.74, 6) is -0.0585. The number of nitrogens with one attached hydrogen (secondary N) is 2. The maximum Gasteiger partial charge on any atom is 0.315 e. The molecule has 0 atom stereocenters. The summed E-state index contributed by atoms with van der Waals surface area (Å²) in [6.45, 7) is 4.34. The molecule has 9 nitrogen and oxygen atoms in total. The Balaban J connectivity index is 1.36. The topological polar surface area (TPSA) is 97.7 Å². The third-order valence-electron chi connectivity index (χ3n) is 5.95. The van der Waals surface area contributed by atoms with Crippen molar-refractivity contribution >= 4 is 11.9 Å². The highest BCUT2D eigenvalue weighted by Crippen LogP contribution is 2.22. The minimum Gasteiger partial charge on any atom is -0.378 e. The van der Waals surface area contributed by atoms with Gasteiger partial charge in [-0.05, 0) is 12.8 Å². The molecular weight excluding hydrogens is 374 g/mol. The summed E-state index contributed by atoms with van der Waals surface area (Å²) in [4.78, 5) is 26.9. The number of rotatable bonds is 5. The predicted molar refractivity (Wildman–Crippen MR) is 106 cm³/mol. The number of ether oxygens (including phenoxy) is 2. The number of carbonyl (C=O) groups is 2. The molecule has 4 rings (SSSR count). The van der Waals surface area contributed by atoms with E-state index in [0.717, 1.165) is 30.5 Å². The zero-order valence-corrected chi connectivity index (χ0v) is 17.0. The van der Waals surface area contributed by atoms with Crippen molar-refractivity contribution in [3.63, 3.8) is 0 Å². The second kappa shape index (κ2) is 9.58. The van der Waals surface area contributed by atoms with Gasteiger partial charge in [0.25, 0.3) is 5.91 Å². The van der Waals surface area contributed by atoms with E-state index in [2.05, 4.69) is 15.7 Å². The molecule has 0 radical (unpaired) electrons. The Morgan fingerprint density at radius 3 is 2.66 bits per heavy atom. The second-order valence-electron chi connectivity index (χ2n) is 7.94. The van der Waals surface area contributed by atoms with Crippen LogP contribution in [0, 0.1) is 0 Å². The van der Waals surface area contributed by atoms with Crippen LogP contribution >= 0.6 is 0 Å². The monoisotopic (exact) mass is 405 g/mol. The third-order valence-corrected chi connectivity index (χ3v) is 5.95. The lowest BCUT2D eigenvalue weighted by atomic mass is 9.96. The first-order chi connectivity index (χ1) is 14.2. The quantitative estimate of drug-likeness (QED) is 0.763. The van der Waals surface area contributed by atoms with Crippen LogP contribution in [0.1, 0.15) is 53.8 Å². The lowest BCUT2D eigenvalue weighted by molar-refractivity contribution is 0.0294. The lowest BCUT2D eigenvalue weighted by Gasteiger charge is -2.26. The van der Waals surface area contributed by atoms with Crippen LogP contribution in [-0.2, 0) is 29.0 Å². The standard InChI is InChI=1S/C20H31N5O4/c26-19(24-9-12-28-13-10-24)18-16-14-29-11-6-17(16)25(23-18)8-7-21-20(27)22-15-4-2-1-3-5-15/h15H,1-14H2,(H2,21,22,27). The molecule has 1 aromatic rings. The number of morpholine rings is 1. The molecule has 3 aliphatic rings. The fraction of sp³-hybridized carbons (Fsp3) is 0.750. The van der Waals surface area contributed by atoms with Gasteiger partial charge in [0.1, 0.15) is 0 Å². The molecule has 3 heterocycles. The Hall–Kier alpha value is -2.13. The number of carbonyl (C=O) groups excluding carboxylic acids is 2. The van der Waals surface area contributed by atoms with E-state index >= 15 is 0 Å². The van der Waals surface area contributed by atoms with Gasteiger partial charge in [0.15, 0.2) is 5.69 Å². The predicted octanol–water partition coefficient (Wildman–Crippen LogP) is 1.06. The van der Waals surface area contributed by atoms with E-state index < -0.39 is 0 Å². The molecule has 1 saturated carbocycles. The first-order valence-corrected chi connectivity index (χ1v) is 10.8. The van der Waals surface area contributed by atoms with Crippen molar-refractivity contribution in [3.8, 4) is 0 Å². The largest absolute Gasteiger partial charge is 0.378 e. The highest BCUT2D eigenvalue weighted by Gasteiger charge is 2.29. The number of aromatic nitrogens is 2. The first kappa shape index (κ1) is 20.2. The van der Waals surface area contributed by atoms with Gasteiger partial charge < -0.3 is 25.0 Å². The van der Waals surface area contributed by atoms with Gasteiger partial charge in [-0.1, -0.05) is 19.3 Å². The normalized spacial score (nSPS) is 20.2. The van der Waals surface area contributed by atoms with Crippen molar-refractivity contribution < 1.29 is 19.1 Å². The summed E-state index contributed by atoms with van der Waals surface area (Å²) in [5.41, 5.74) is 2.41. The van der Waals surface area contributed by atoms with Gasteiger partial charge in [-0.25, -0.2) is 4.79 Å². The molecule has 3 amide bonds. The average Bonchev–Trinajstić information content (AvgIpc) is 3.13. The van der Waals surface area contributed by atoms with Crippen LogP contribution in [0.25, 0.3) is 0 Å². The third kappa shape index (κ3) is 4.90. The average molecular weight is 405 g/mol. The SMILES string of the molecule is O=C(NCCn1nc(C(=O)N2CCOCC2)c2c1CCOC2)NC1CCCCC1. The number of hydrogen-bond donors (Lipinski definition) is 2. The van der Waals surface area contributed by atoms with Gasteiger partial charge in [-0.15, -0.1) is 0 Å². The van der Waals surface area contributed by atoms with Crippen molar-refractivity contribution in [1.29, 1.82) is 0 Å². The van der Waals surface area contributed by atoms with E-state index in [1.165, 1.54) is 19.3 Å². The molecule has 1 aromatic heterocycles. The van der Waals surface area contributed by atoms with Crippen LogP contribution in [0.15, 0.2) is 0 Å². The summed E-state index contributed by atoms with van der Waals surface area (Å²) in [5, 5.41) is 10.6. The molecule has 29 heavy (non-hydrogen) atoms. The fourth-order valence-electron chi connectivity index (χ4n) is 4.34. The van der Waals surface area contributed by atoms with E-state index in [9.17, 15) is 9.59 Å². The van der Waals surface area contributed by atoms with E-state index in [4.69, 9.17) is 9.47 Å². The van der Waals surface area contributed by atoms with Gasteiger partial charge >= 0.3 is 6.03 Å². The highest BCUT2D eigenvalue weighted by molar-refractivity contribution is 5.94. The summed E-state index contributed by atoms with van der Waals surface area (Å²) in [6.07, 6.45) is 6.49. The van der Waals surface area contributed by atoms with Crippen LogP contribution in [0.5, 0.6) is 0 Å². The first-order valence-electron chi connectivity index (χ1n) is 10.8. The molecule has 0 aromatic carbocycles. The number of nitrogens with zero attached hydrogens (tertiary/aromatic N) is 3. The Bertz CT molecular complexity index is 723. The van der Waals surface area contributed by atoms with Crippen molar-refractivity contribution in [1.82, 2.24) is 25.3 Å².